The summed E-state index contributed by atoms with van der Waals surface area (Å²) in [5, 5.41) is 0. The molecule has 0 spiro atoms. The van der Waals surface area contributed by atoms with Gasteiger partial charge in [0.05, 0.1) is 13.2 Å². The van der Waals surface area contributed by atoms with E-state index in [0.717, 1.165) is 0 Å². The monoisotopic (exact) mass is 245 g/mol. The topological polar surface area (TPSA) is 46.2 Å². The fourth-order valence-corrected chi connectivity index (χ4v) is 1.87. The Morgan fingerprint density at radius 1 is 0.800 bits per heavy atom. The first-order chi connectivity index (χ1) is 6.85. The summed E-state index contributed by atoms with van der Waals surface area (Å²) in [4.78, 5) is 0. The van der Waals surface area contributed by atoms with E-state index in [9.17, 15) is 0 Å². The van der Waals surface area contributed by atoms with Crippen molar-refractivity contribution in [2.45, 2.75) is 6.92 Å². The Morgan fingerprint density at radius 2 is 1.27 bits per heavy atom. The second-order valence-corrected chi connectivity index (χ2v) is 4.05. The molecule has 0 N–H and O–H groups in total. The third kappa shape index (κ3) is 13.3. The van der Waals surface area contributed by atoms with Gasteiger partial charge in [0, 0.05) is 27.4 Å². The van der Waals surface area contributed by atoms with Crippen molar-refractivity contribution >= 4 is 15.1 Å². The third-order valence-corrected chi connectivity index (χ3v) is 3.01. The number of hydrogen-bond donors (Lipinski definition) is 0. The van der Waals surface area contributed by atoms with Crippen molar-refractivity contribution in [2.24, 2.45) is 0 Å². The summed E-state index contributed by atoms with van der Waals surface area (Å²) < 4.78 is 25.8. The minimum Gasteiger partial charge on any atom is -0.634 e. The number of rotatable bonds is 10. The Morgan fingerprint density at radius 3 is 1.60 bits per heavy atom. The van der Waals surface area contributed by atoms with Crippen molar-refractivity contribution in [3.63, 3.8) is 0 Å². The van der Waals surface area contributed by atoms with Gasteiger partial charge in [0.1, 0.15) is 0 Å². The summed E-state index contributed by atoms with van der Waals surface area (Å²) in [6.07, 6.45) is 0. The zero-order valence-electron chi connectivity index (χ0n) is 10.2. The van der Waals surface area contributed by atoms with Gasteiger partial charge in [-0.05, 0) is 13.5 Å². The average molecular weight is 245 g/mol. The van der Waals surface area contributed by atoms with Crippen LogP contribution in [0.25, 0.3) is 0 Å². The summed E-state index contributed by atoms with van der Waals surface area (Å²) >= 11 is -1.96. The quantitative estimate of drug-likeness (QED) is 0.310. The van der Waals surface area contributed by atoms with Gasteiger partial charge in [0.25, 0.3) is 0 Å². The summed E-state index contributed by atoms with van der Waals surface area (Å²) in [6.45, 7) is 4.67. The van der Waals surface area contributed by atoms with Crippen molar-refractivity contribution in [1.82, 2.24) is 0 Å². The molecule has 0 rings (SSSR count). The van der Waals surface area contributed by atoms with Gasteiger partial charge >= 0.3 is 44.7 Å². The average Bonchev–Trinajstić information content (AvgIpc) is 2.18. The van der Waals surface area contributed by atoms with Crippen molar-refractivity contribution in [2.75, 3.05) is 47.3 Å². The van der Waals surface area contributed by atoms with Crippen molar-refractivity contribution in [1.29, 1.82) is 0 Å². The molecule has 5 nitrogen and oxygen atoms in total. The van der Waals surface area contributed by atoms with E-state index < -0.39 is 15.1 Å². The van der Waals surface area contributed by atoms with Crippen LogP contribution in [0, 0.1) is 0 Å². The van der Waals surface area contributed by atoms with Gasteiger partial charge in [-0.2, -0.15) is 0 Å². The van der Waals surface area contributed by atoms with Crippen LogP contribution in [0.15, 0.2) is 0 Å². The molecule has 0 fully saturated rings. The summed E-state index contributed by atoms with van der Waals surface area (Å²) in [7, 11) is 3.26. The van der Waals surface area contributed by atoms with Gasteiger partial charge in [-0.3, -0.25) is 0 Å². The zero-order valence-corrected chi connectivity index (χ0v) is 13.3. The van der Waals surface area contributed by atoms with E-state index >= 15 is 0 Å². The van der Waals surface area contributed by atoms with Crippen LogP contribution in [-0.4, -0.2) is 62.4 Å². The van der Waals surface area contributed by atoms with E-state index in [1.165, 1.54) is 0 Å². The molecule has 0 heterocycles. The van der Waals surface area contributed by atoms with Crippen LogP contribution >= 0.6 is 0 Å². The van der Waals surface area contributed by atoms with E-state index in [0.29, 0.717) is 33.0 Å². The molecule has 0 aliphatic carbocycles. The molecule has 0 aromatic heterocycles. The van der Waals surface area contributed by atoms with Crippen molar-refractivity contribution < 1.29 is 50.4 Å². The SMILES string of the molecule is CC[O][Al-]([O]CCOC)[O]CCOC.[Na+]. The molecule has 0 bridgehead atoms. The molecule has 7 heteroatoms. The fourth-order valence-electron chi connectivity index (χ4n) is 0.736. The molecule has 85 valence electrons. The fraction of sp³-hybridized carbons (Fsp3) is 1.00. The second-order valence-electron chi connectivity index (χ2n) is 2.47. The third-order valence-electron chi connectivity index (χ3n) is 1.39. The number of hydrogen-bond acceptors (Lipinski definition) is 5. The molecule has 0 saturated carbocycles. The van der Waals surface area contributed by atoms with Gasteiger partial charge in [0.2, 0.25) is 0 Å². The maximum Gasteiger partial charge on any atom is 1.00 e. The molecular formula is C8H19AlNaO5. The first-order valence-electron chi connectivity index (χ1n) is 4.67. The molecule has 0 aromatic rings. The van der Waals surface area contributed by atoms with Crippen LogP contribution in [0.5, 0.6) is 0 Å². The maximum absolute atomic E-state index is 5.38. The minimum absolute atomic E-state index is 0. The van der Waals surface area contributed by atoms with E-state index in [1.807, 2.05) is 6.92 Å². The van der Waals surface area contributed by atoms with Gasteiger partial charge in [-0.15, -0.1) is 0 Å². The first kappa shape index (κ1) is 18.7. The number of methoxy groups -OCH3 is 2. The zero-order chi connectivity index (χ0) is 10.6. The Kier molecular flexibility index (Phi) is 19.1. The second kappa shape index (κ2) is 15.3. The van der Waals surface area contributed by atoms with E-state index in [4.69, 9.17) is 20.8 Å². The van der Waals surface area contributed by atoms with Gasteiger partial charge in [0.15, 0.2) is 0 Å². The van der Waals surface area contributed by atoms with E-state index in [-0.39, 0.29) is 29.6 Å². The minimum atomic E-state index is -1.96. The summed E-state index contributed by atoms with van der Waals surface area (Å²) in [5.41, 5.74) is 0. The molecular weight excluding hydrogens is 226 g/mol. The Labute approximate surface area is 119 Å². The molecule has 0 unspecified atom stereocenters. The van der Waals surface area contributed by atoms with Crippen molar-refractivity contribution in [3.8, 4) is 0 Å². The first-order valence-corrected chi connectivity index (χ1v) is 6.09. The smallest absolute Gasteiger partial charge is 0.634 e. The Bertz CT molecular complexity index is 109. The molecule has 0 amide bonds. The number of ether oxygens (including phenoxy) is 2. The van der Waals surface area contributed by atoms with Crippen LogP contribution in [0.3, 0.4) is 0 Å². The molecule has 0 atom stereocenters. The van der Waals surface area contributed by atoms with Crippen molar-refractivity contribution in [3.05, 3.63) is 0 Å². The normalized spacial score (nSPS) is 10.4. The maximum atomic E-state index is 5.38. The molecule has 15 heavy (non-hydrogen) atoms. The molecule has 1 radical (unpaired) electrons. The molecule has 0 saturated heterocycles. The molecule has 0 aliphatic heterocycles. The Hall–Kier alpha value is 1.33. The summed E-state index contributed by atoms with van der Waals surface area (Å²) in [6, 6.07) is 0. The predicted molar refractivity (Wildman–Crippen MR) is 53.0 cm³/mol. The summed E-state index contributed by atoms with van der Waals surface area (Å²) in [5.74, 6) is 0. The van der Waals surface area contributed by atoms with Gasteiger partial charge in [-0.1, -0.05) is 0 Å². The van der Waals surface area contributed by atoms with Crippen LogP contribution in [0.4, 0.5) is 0 Å². The van der Waals surface area contributed by atoms with Gasteiger partial charge in [-0.25, -0.2) is 0 Å². The predicted octanol–water partition coefficient (Wildman–Crippen LogP) is -2.66. The van der Waals surface area contributed by atoms with Crippen LogP contribution < -0.4 is 29.6 Å². The largest absolute Gasteiger partial charge is 1.00 e. The Balaban J connectivity index is 0. The molecule has 0 aromatic carbocycles. The van der Waals surface area contributed by atoms with Crippen LogP contribution in [0.2, 0.25) is 0 Å². The van der Waals surface area contributed by atoms with Crippen LogP contribution in [-0.2, 0) is 20.8 Å². The molecule has 0 aliphatic rings. The van der Waals surface area contributed by atoms with Crippen LogP contribution in [0.1, 0.15) is 6.92 Å². The van der Waals surface area contributed by atoms with E-state index in [2.05, 4.69) is 0 Å². The standard InChI is InChI=1S/2C3H7O2.C2H5O.Al.Na/c2*1-5-3-2-4;1-2-3;;/h2*2-3H2,1H3;2H2,1H3;;/q3*-1;+2;+1. The van der Waals surface area contributed by atoms with Gasteiger partial charge < -0.3 is 20.8 Å². The van der Waals surface area contributed by atoms with E-state index in [1.54, 1.807) is 14.2 Å².